The van der Waals surface area contributed by atoms with Gasteiger partial charge in [-0.15, -0.1) is 0 Å². The molecule has 19 heavy (non-hydrogen) atoms. The number of hydrogen-bond acceptors (Lipinski definition) is 4. The van der Waals surface area contributed by atoms with Crippen molar-refractivity contribution < 1.29 is 14.3 Å². The summed E-state index contributed by atoms with van der Waals surface area (Å²) in [4.78, 5) is 34.7. The van der Waals surface area contributed by atoms with E-state index in [1.807, 2.05) is 0 Å². The second-order valence-corrected chi connectivity index (χ2v) is 4.69. The van der Waals surface area contributed by atoms with Gasteiger partial charge in [0.2, 0.25) is 0 Å². The molecular formula is C13H18N2O4. The van der Waals surface area contributed by atoms with Crippen LogP contribution in [0.25, 0.3) is 0 Å². The van der Waals surface area contributed by atoms with Crippen molar-refractivity contribution in [1.82, 2.24) is 9.13 Å². The molecule has 1 heterocycles. The second kappa shape index (κ2) is 5.86. The summed E-state index contributed by atoms with van der Waals surface area (Å²) in [6, 6.07) is 0.309. The standard InChI is InChI=1S/C13H18N2O4/c1-2-19-12(17)6-5-11(16)9-14-7-8-15(13(14)18)10-3-4-10/h7-8,10H,2-6,9H2,1H3. The van der Waals surface area contributed by atoms with E-state index in [1.54, 1.807) is 23.9 Å². The van der Waals surface area contributed by atoms with Gasteiger partial charge in [0.25, 0.3) is 0 Å². The highest BCUT2D eigenvalue weighted by molar-refractivity contribution is 5.82. The quantitative estimate of drug-likeness (QED) is 0.687. The SMILES string of the molecule is CCOC(=O)CCC(=O)Cn1ccn(C2CC2)c1=O. The number of imidazole rings is 1. The molecule has 0 radical (unpaired) electrons. The van der Waals surface area contributed by atoms with E-state index in [0.29, 0.717) is 12.6 Å². The third kappa shape index (κ3) is 3.56. The number of esters is 1. The van der Waals surface area contributed by atoms with Gasteiger partial charge in [-0.05, 0) is 19.8 Å². The minimum atomic E-state index is -0.376. The number of hydrogen-bond donors (Lipinski definition) is 0. The van der Waals surface area contributed by atoms with Crippen molar-refractivity contribution in [2.24, 2.45) is 0 Å². The molecule has 1 fully saturated rings. The lowest BCUT2D eigenvalue weighted by atomic mass is 10.2. The number of ether oxygens (including phenoxy) is 1. The molecule has 1 aromatic rings. The molecule has 1 saturated carbocycles. The van der Waals surface area contributed by atoms with Crippen LogP contribution in [-0.4, -0.2) is 27.5 Å². The number of rotatable bonds is 7. The molecule has 0 N–H and O–H groups in total. The van der Waals surface area contributed by atoms with E-state index in [2.05, 4.69) is 0 Å². The Morgan fingerprint density at radius 1 is 1.32 bits per heavy atom. The molecule has 6 nitrogen and oxygen atoms in total. The Bertz CT molecular complexity index is 525. The maximum Gasteiger partial charge on any atom is 0.328 e. The lowest BCUT2D eigenvalue weighted by Gasteiger charge is -2.02. The molecule has 1 aromatic heterocycles. The van der Waals surface area contributed by atoms with E-state index in [4.69, 9.17) is 4.74 Å². The molecule has 0 atom stereocenters. The predicted octanol–water partition coefficient (Wildman–Crippen LogP) is 0.897. The fourth-order valence-corrected chi connectivity index (χ4v) is 1.92. The molecule has 0 aromatic carbocycles. The zero-order valence-corrected chi connectivity index (χ0v) is 11.0. The Balaban J connectivity index is 1.85. The first-order valence-corrected chi connectivity index (χ1v) is 6.56. The first-order chi connectivity index (χ1) is 9.11. The zero-order valence-electron chi connectivity index (χ0n) is 11.0. The second-order valence-electron chi connectivity index (χ2n) is 4.69. The average molecular weight is 266 g/mol. The van der Waals surface area contributed by atoms with E-state index in [9.17, 15) is 14.4 Å². The topological polar surface area (TPSA) is 70.3 Å². The van der Waals surface area contributed by atoms with Crippen LogP contribution in [-0.2, 0) is 20.9 Å². The molecule has 1 aliphatic rings. The monoisotopic (exact) mass is 266 g/mol. The van der Waals surface area contributed by atoms with Crippen LogP contribution < -0.4 is 5.69 Å². The van der Waals surface area contributed by atoms with Crippen molar-refractivity contribution >= 4 is 11.8 Å². The van der Waals surface area contributed by atoms with Gasteiger partial charge in [-0.2, -0.15) is 0 Å². The maximum atomic E-state index is 11.9. The number of ketones is 1. The molecule has 6 heteroatoms. The highest BCUT2D eigenvalue weighted by atomic mass is 16.5. The largest absolute Gasteiger partial charge is 0.466 e. The van der Waals surface area contributed by atoms with Crippen LogP contribution >= 0.6 is 0 Å². The van der Waals surface area contributed by atoms with E-state index in [0.717, 1.165) is 12.8 Å². The Kier molecular flexibility index (Phi) is 4.19. The Morgan fingerprint density at radius 3 is 2.68 bits per heavy atom. The summed E-state index contributed by atoms with van der Waals surface area (Å²) in [7, 11) is 0. The third-order valence-electron chi connectivity index (χ3n) is 3.07. The van der Waals surface area contributed by atoms with Crippen LogP contribution in [0, 0.1) is 0 Å². The van der Waals surface area contributed by atoms with Gasteiger partial charge in [0.15, 0.2) is 5.78 Å². The molecule has 104 valence electrons. The zero-order chi connectivity index (χ0) is 13.8. The van der Waals surface area contributed by atoms with Crippen molar-refractivity contribution in [2.45, 2.75) is 45.2 Å². The van der Waals surface area contributed by atoms with Gasteiger partial charge in [-0.25, -0.2) is 4.79 Å². The number of nitrogens with zero attached hydrogens (tertiary/aromatic N) is 2. The molecule has 0 bridgehead atoms. The van der Waals surface area contributed by atoms with Crippen molar-refractivity contribution in [3.05, 3.63) is 22.9 Å². The Hall–Kier alpha value is -1.85. The van der Waals surface area contributed by atoms with Gasteiger partial charge in [0.1, 0.15) is 0 Å². The van der Waals surface area contributed by atoms with Crippen LogP contribution in [0.1, 0.15) is 38.6 Å². The first-order valence-electron chi connectivity index (χ1n) is 6.56. The van der Waals surface area contributed by atoms with Gasteiger partial charge in [0.05, 0.1) is 19.6 Å². The van der Waals surface area contributed by atoms with E-state index in [1.165, 1.54) is 4.57 Å². The fraction of sp³-hybridized carbons (Fsp3) is 0.615. The number of aromatic nitrogens is 2. The molecule has 0 amide bonds. The van der Waals surface area contributed by atoms with E-state index in [-0.39, 0.29) is 36.8 Å². The Labute approximate surface area is 111 Å². The van der Waals surface area contributed by atoms with Crippen LogP contribution in [0.2, 0.25) is 0 Å². The molecule has 2 rings (SSSR count). The van der Waals surface area contributed by atoms with Crippen molar-refractivity contribution in [3.63, 3.8) is 0 Å². The number of carbonyl (C=O) groups is 2. The first kappa shape index (κ1) is 13.6. The minimum absolute atomic E-state index is 0.0258. The number of carbonyl (C=O) groups excluding carboxylic acids is 2. The number of Topliss-reactive ketones (excluding diaryl/α,β-unsaturated/α-hetero) is 1. The highest BCUT2D eigenvalue weighted by Crippen LogP contribution is 2.33. The molecular weight excluding hydrogens is 248 g/mol. The molecule has 0 unspecified atom stereocenters. The van der Waals surface area contributed by atoms with Gasteiger partial charge in [0, 0.05) is 24.9 Å². The lowest BCUT2D eigenvalue weighted by Crippen LogP contribution is -2.26. The maximum absolute atomic E-state index is 11.9. The molecule has 1 aliphatic carbocycles. The summed E-state index contributed by atoms with van der Waals surface area (Å²) in [5.41, 5.74) is -0.146. The van der Waals surface area contributed by atoms with Crippen LogP contribution in [0.5, 0.6) is 0 Å². The summed E-state index contributed by atoms with van der Waals surface area (Å²) >= 11 is 0. The lowest BCUT2D eigenvalue weighted by molar-refractivity contribution is -0.144. The molecule has 0 aliphatic heterocycles. The van der Waals surface area contributed by atoms with Gasteiger partial charge in [-0.1, -0.05) is 0 Å². The smallest absolute Gasteiger partial charge is 0.328 e. The predicted molar refractivity (Wildman–Crippen MR) is 67.8 cm³/mol. The molecule has 0 saturated heterocycles. The van der Waals surface area contributed by atoms with Gasteiger partial charge < -0.3 is 4.74 Å². The van der Waals surface area contributed by atoms with Crippen LogP contribution in [0.15, 0.2) is 17.2 Å². The van der Waals surface area contributed by atoms with Crippen molar-refractivity contribution in [2.75, 3.05) is 6.61 Å². The minimum Gasteiger partial charge on any atom is -0.466 e. The van der Waals surface area contributed by atoms with Crippen LogP contribution in [0.3, 0.4) is 0 Å². The summed E-state index contributed by atoms with van der Waals surface area (Å²) < 4.78 is 7.81. The normalized spacial score (nSPS) is 14.4. The molecule has 0 spiro atoms. The summed E-state index contributed by atoms with van der Waals surface area (Å²) in [6.45, 7) is 2.06. The van der Waals surface area contributed by atoms with E-state index < -0.39 is 0 Å². The third-order valence-corrected chi connectivity index (χ3v) is 3.07. The van der Waals surface area contributed by atoms with Gasteiger partial charge in [-0.3, -0.25) is 18.7 Å². The van der Waals surface area contributed by atoms with E-state index >= 15 is 0 Å². The Morgan fingerprint density at radius 2 is 2.05 bits per heavy atom. The van der Waals surface area contributed by atoms with Gasteiger partial charge >= 0.3 is 11.7 Å². The summed E-state index contributed by atoms with van der Waals surface area (Å²) in [6.07, 6.45) is 5.59. The summed E-state index contributed by atoms with van der Waals surface area (Å²) in [5.74, 6) is -0.512. The van der Waals surface area contributed by atoms with Crippen molar-refractivity contribution in [1.29, 1.82) is 0 Å². The summed E-state index contributed by atoms with van der Waals surface area (Å²) in [5, 5.41) is 0. The van der Waals surface area contributed by atoms with Crippen molar-refractivity contribution in [3.8, 4) is 0 Å². The highest BCUT2D eigenvalue weighted by Gasteiger charge is 2.25. The average Bonchev–Trinajstić information content (AvgIpc) is 3.15. The van der Waals surface area contributed by atoms with Crippen LogP contribution in [0.4, 0.5) is 0 Å². The fourth-order valence-electron chi connectivity index (χ4n) is 1.92.